The maximum atomic E-state index is 13.1. The summed E-state index contributed by atoms with van der Waals surface area (Å²) in [6.07, 6.45) is 0.743. The molecule has 1 atom stereocenters. The number of aromatic nitrogens is 2. The number of fused-ring (bicyclic) bond motifs is 1. The lowest BCUT2D eigenvalue weighted by atomic mass is 10.1. The second kappa shape index (κ2) is 8.39. The highest BCUT2D eigenvalue weighted by atomic mass is 32.1. The summed E-state index contributed by atoms with van der Waals surface area (Å²) in [7, 11) is 0. The van der Waals surface area contributed by atoms with Crippen LogP contribution in [0.3, 0.4) is 0 Å². The molecule has 2 aromatic carbocycles. The summed E-state index contributed by atoms with van der Waals surface area (Å²) in [5.41, 5.74) is 4.25. The van der Waals surface area contributed by atoms with E-state index in [0.717, 1.165) is 55.7 Å². The minimum atomic E-state index is -0.206. The Labute approximate surface area is 162 Å². The topological polar surface area (TPSA) is 52.5 Å². The van der Waals surface area contributed by atoms with Gasteiger partial charge in [0.2, 0.25) is 0 Å². The Kier molecular flexibility index (Phi) is 5.73. The van der Waals surface area contributed by atoms with E-state index in [2.05, 4.69) is 30.7 Å². The standard InChI is InChI=1S/C20H23FN4OS/c21-17-4-1-15(2-5-17)13-25-9-8-24(14-18(25)7-10-26)12-16-3-6-19-20(11-16)23-27-22-19/h1-6,11,18,26H,7-10,12-14H2/t18-/m1/s1. The van der Waals surface area contributed by atoms with Crippen molar-refractivity contribution in [1.29, 1.82) is 0 Å². The van der Waals surface area contributed by atoms with Gasteiger partial charge in [0.05, 0.1) is 11.7 Å². The van der Waals surface area contributed by atoms with Crippen LogP contribution < -0.4 is 0 Å². The Morgan fingerprint density at radius 3 is 2.59 bits per heavy atom. The van der Waals surface area contributed by atoms with Gasteiger partial charge in [-0.05, 0) is 41.8 Å². The average molecular weight is 386 g/mol. The fourth-order valence-electron chi connectivity index (χ4n) is 3.74. The van der Waals surface area contributed by atoms with E-state index in [1.807, 2.05) is 18.2 Å². The zero-order valence-corrected chi connectivity index (χ0v) is 15.9. The van der Waals surface area contributed by atoms with Crippen molar-refractivity contribution >= 4 is 22.8 Å². The number of piperazine rings is 1. The lowest BCUT2D eigenvalue weighted by Crippen LogP contribution is -2.52. The van der Waals surface area contributed by atoms with E-state index in [1.54, 1.807) is 0 Å². The monoisotopic (exact) mass is 386 g/mol. The molecule has 5 nitrogen and oxygen atoms in total. The molecule has 1 aromatic heterocycles. The van der Waals surface area contributed by atoms with Crippen LogP contribution in [0.2, 0.25) is 0 Å². The van der Waals surface area contributed by atoms with E-state index in [9.17, 15) is 9.50 Å². The summed E-state index contributed by atoms with van der Waals surface area (Å²) < 4.78 is 21.7. The molecule has 1 aliphatic rings. The number of hydrogen-bond acceptors (Lipinski definition) is 6. The van der Waals surface area contributed by atoms with Gasteiger partial charge in [0.15, 0.2) is 0 Å². The average Bonchev–Trinajstić information content (AvgIpc) is 3.14. The molecule has 0 aliphatic carbocycles. The molecule has 0 unspecified atom stereocenters. The van der Waals surface area contributed by atoms with Gasteiger partial charge >= 0.3 is 0 Å². The van der Waals surface area contributed by atoms with Crippen molar-refractivity contribution < 1.29 is 9.50 Å². The van der Waals surface area contributed by atoms with E-state index >= 15 is 0 Å². The summed E-state index contributed by atoms with van der Waals surface area (Å²) in [6, 6.07) is 13.3. The molecule has 0 saturated carbocycles. The summed E-state index contributed by atoms with van der Waals surface area (Å²) >= 11 is 1.25. The van der Waals surface area contributed by atoms with Gasteiger partial charge in [0, 0.05) is 45.4 Å². The zero-order valence-electron chi connectivity index (χ0n) is 15.1. The fourth-order valence-corrected chi connectivity index (χ4v) is 4.26. The summed E-state index contributed by atoms with van der Waals surface area (Å²) in [6.45, 7) is 4.65. The number of rotatable bonds is 6. The van der Waals surface area contributed by atoms with Crippen LogP contribution in [0.15, 0.2) is 42.5 Å². The Morgan fingerprint density at radius 2 is 1.78 bits per heavy atom. The number of halogens is 1. The molecule has 1 saturated heterocycles. The van der Waals surface area contributed by atoms with Crippen molar-refractivity contribution in [1.82, 2.24) is 18.5 Å². The fraction of sp³-hybridized carbons (Fsp3) is 0.400. The molecule has 4 rings (SSSR count). The first kappa shape index (κ1) is 18.4. The molecular weight excluding hydrogens is 363 g/mol. The van der Waals surface area contributed by atoms with Crippen molar-refractivity contribution in [3.05, 3.63) is 59.4 Å². The molecule has 0 bridgehead atoms. The Hall–Kier alpha value is -1.93. The lowest BCUT2D eigenvalue weighted by molar-refractivity contribution is 0.0500. The van der Waals surface area contributed by atoms with Crippen molar-refractivity contribution in [3.8, 4) is 0 Å². The minimum absolute atomic E-state index is 0.175. The van der Waals surface area contributed by atoms with Crippen molar-refractivity contribution in [2.24, 2.45) is 0 Å². The molecule has 2 heterocycles. The van der Waals surface area contributed by atoms with Crippen molar-refractivity contribution in [2.45, 2.75) is 25.6 Å². The maximum absolute atomic E-state index is 13.1. The molecule has 142 valence electrons. The zero-order chi connectivity index (χ0) is 18.6. The lowest BCUT2D eigenvalue weighted by Gasteiger charge is -2.41. The molecule has 0 spiro atoms. The predicted octanol–water partition coefficient (Wildman–Crippen LogP) is 2.90. The van der Waals surface area contributed by atoms with Gasteiger partial charge < -0.3 is 5.11 Å². The molecule has 7 heteroatoms. The van der Waals surface area contributed by atoms with Gasteiger partial charge in [0.25, 0.3) is 0 Å². The predicted molar refractivity (Wildman–Crippen MR) is 105 cm³/mol. The molecule has 1 aliphatic heterocycles. The van der Waals surface area contributed by atoms with E-state index in [4.69, 9.17) is 0 Å². The van der Waals surface area contributed by atoms with Gasteiger partial charge in [-0.15, -0.1) is 0 Å². The second-order valence-corrected chi connectivity index (χ2v) is 7.61. The SMILES string of the molecule is OCC[C@@H]1CN(Cc2ccc3nsnc3c2)CCN1Cc1ccc(F)cc1. The Balaban J connectivity index is 1.41. The van der Waals surface area contributed by atoms with Crippen LogP contribution in [0.25, 0.3) is 11.0 Å². The van der Waals surface area contributed by atoms with Gasteiger partial charge in [-0.25, -0.2) is 4.39 Å². The second-order valence-electron chi connectivity index (χ2n) is 7.09. The van der Waals surface area contributed by atoms with E-state index in [0.29, 0.717) is 6.04 Å². The van der Waals surface area contributed by atoms with Gasteiger partial charge in [-0.3, -0.25) is 9.80 Å². The third kappa shape index (κ3) is 4.50. The first-order valence-corrected chi connectivity index (χ1v) is 9.97. The smallest absolute Gasteiger partial charge is 0.123 e. The van der Waals surface area contributed by atoms with Crippen molar-refractivity contribution in [2.75, 3.05) is 26.2 Å². The van der Waals surface area contributed by atoms with Crippen LogP contribution in [0.4, 0.5) is 4.39 Å². The molecular formula is C20H23FN4OS. The molecule has 0 amide bonds. The highest BCUT2D eigenvalue weighted by molar-refractivity contribution is 7.00. The number of aliphatic hydroxyl groups is 1. The van der Waals surface area contributed by atoms with Crippen LogP contribution in [-0.4, -0.2) is 55.9 Å². The third-order valence-corrected chi connectivity index (χ3v) is 5.73. The molecule has 3 aromatic rings. The number of aliphatic hydroxyl groups excluding tert-OH is 1. The van der Waals surface area contributed by atoms with E-state index < -0.39 is 0 Å². The van der Waals surface area contributed by atoms with Gasteiger partial charge in [-0.1, -0.05) is 18.2 Å². The highest BCUT2D eigenvalue weighted by Gasteiger charge is 2.26. The quantitative estimate of drug-likeness (QED) is 0.706. The highest BCUT2D eigenvalue weighted by Crippen LogP contribution is 2.20. The van der Waals surface area contributed by atoms with Gasteiger partial charge in [-0.2, -0.15) is 8.75 Å². The number of hydrogen-bond donors (Lipinski definition) is 1. The van der Waals surface area contributed by atoms with E-state index in [1.165, 1.54) is 29.4 Å². The summed E-state index contributed by atoms with van der Waals surface area (Å²) in [5, 5.41) is 9.50. The molecule has 27 heavy (non-hydrogen) atoms. The van der Waals surface area contributed by atoms with Crippen LogP contribution >= 0.6 is 11.7 Å². The first-order valence-electron chi connectivity index (χ1n) is 9.24. The van der Waals surface area contributed by atoms with Crippen LogP contribution in [-0.2, 0) is 13.1 Å². The Morgan fingerprint density at radius 1 is 1.00 bits per heavy atom. The largest absolute Gasteiger partial charge is 0.396 e. The molecule has 0 radical (unpaired) electrons. The van der Waals surface area contributed by atoms with E-state index in [-0.39, 0.29) is 12.4 Å². The first-order chi connectivity index (χ1) is 13.2. The van der Waals surface area contributed by atoms with Crippen LogP contribution in [0.5, 0.6) is 0 Å². The molecule has 1 fully saturated rings. The summed E-state index contributed by atoms with van der Waals surface area (Å²) in [5.74, 6) is -0.206. The Bertz CT molecular complexity index is 885. The van der Waals surface area contributed by atoms with Crippen LogP contribution in [0.1, 0.15) is 17.5 Å². The van der Waals surface area contributed by atoms with Crippen LogP contribution in [0, 0.1) is 5.82 Å². The third-order valence-electron chi connectivity index (χ3n) is 5.17. The minimum Gasteiger partial charge on any atom is -0.396 e. The summed E-state index contributed by atoms with van der Waals surface area (Å²) in [4.78, 5) is 4.83. The molecule has 1 N–H and O–H groups in total. The van der Waals surface area contributed by atoms with Gasteiger partial charge in [0.1, 0.15) is 16.9 Å². The number of nitrogens with zero attached hydrogens (tertiary/aromatic N) is 4. The normalized spacial score (nSPS) is 19.0. The maximum Gasteiger partial charge on any atom is 0.123 e. The number of benzene rings is 2. The van der Waals surface area contributed by atoms with Crippen molar-refractivity contribution in [3.63, 3.8) is 0 Å².